The summed E-state index contributed by atoms with van der Waals surface area (Å²) in [5, 5.41) is 12.2. The standard InChI is InChI=1S/C14H11BrFNO2/c1-8-2-4-12(11(15)6-8)17-14(19)10-7-9(16)3-5-13(10)18/h2-7,18H,1H3,(H,17,19). The van der Waals surface area contributed by atoms with Crippen molar-refractivity contribution in [3.63, 3.8) is 0 Å². The Balaban J connectivity index is 2.28. The lowest BCUT2D eigenvalue weighted by Gasteiger charge is -2.09. The van der Waals surface area contributed by atoms with E-state index in [0.717, 1.165) is 28.2 Å². The molecule has 2 rings (SSSR count). The quantitative estimate of drug-likeness (QED) is 0.881. The molecule has 0 bridgehead atoms. The smallest absolute Gasteiger partial charge is 0.259 e. The lowest BCUT2D eigenvalue weighted by atomic mass is 10.1. The number of anilines is 1. The van der Waals surface area contributed by atoms with Crippen molar-refractivity contribution in [3.05, 3.63) is 57.8 Å². The highest BCUT2D eigenvalue weighted by Gasteiger charge is 2.13. The van der Waals surface area contributed by atoms with Crippen LogP contribution in [0.15, 0.2) is 40.9 Å². The number of halogens is 2. The van der Waals surface area contributed by atoms with Crippen LogP contribution in [0.5, 0.6) is 5.75 Å². The van der Waals surface area contributed by atoms with E-state index in [2.05, 4.69) is 21.2 Å². The van der Waals surface area contributed by atoms with Gasteiger partial charge in [-0.3, -0.25) is 4.79 Å². The fourth-order valence-electron chi connectivity index (χ4n) is 1.60. The molecule has 3 nitrogen and oxygen atoms in total. The van der Waals surface area contributed by atoms with Gasteiger partial charge in [-0.15, -0.1) is 0 Å². The van der Waals surface area contributed by atoms with Gasteiger partial charge in [0.15, 0.2) is 0 Å². The third-order valence-electron chi connectivity index (χ3n) is 2.58. The van der Waals surface area contributed by atoms with E-state index in [1.165, 1.54) is 0 Å². The molecular formula is C14H11BrFNO2. The second kappa shape index (κ2) is 5.40. The number of rotatable bonds is 2. The maximum Gasteiger partial charge on any atom is 0.259 e. The Bertz CT molecular complexity index is 643. The van der Waals surface area contributed by atoms with Crippen molar-refractivity contribution >= 4 is 27.5 Å². The summed E-state index contributed by atoms with van der Waals surface area (Å²) in [4.78, 5) is 12.0. The fraction of sp³-hybridized carbons (Fsp3) is 0.0714. The van der Waals surface area contributed by atoms with E-state index in [1.54, 1.807) is 6.07 Å². The number of nitrogens with one attached hydrogen (secondary N) is 1. The van der Waals surface area contributed by atoms with Gasteiger partial charge in [0, 0.05) is 4.47 Å². The van der Waals surface area contributed by atoms with E-state index < -0.39 is 11.7 Å². The van der Waals surface area contributed by atoms with Crippen LogP contribution in [0.25, 0.3) is 0 Å². The minimum absolute atomic E-state index is 0.104. The average Bonchev–Trinajstić information content (AvgIpc) is 2.35. The Hall–Kier alpha value is -1.88. The third kappa shape index (κ3) is 3.12. The van der Waals surface area contributed by atoms with Gasteiger partial charge in [-0.1, -0.05) is 6.07 Å². The monoisotopic (exact) mass is 323 g/mol. The predicted octanol–water partition coefficient (Wildman–Crippen LogP) is 3.85. The minimum atomic E-state index is -0.578. The number of carbonyl (C=O) groups excluding carboxylic acids is 1. The molecule has 2 N–H and O–H groups in total. The van der Waals surface area contributed by atoms with Gasteiger partial charge in [0.05, 0.1) is 11.3 Å². The summed E-state index contributed by atoms with van der Waals surface area (Å²) in [5.74, 6) is -1.41. The second-order valence-electron chi connectivity index (χ2n) is 4.10. The maximum absolute atomic E-state index is 13.1. The van der Waals surface area contributed by atoms with E-state index >= 15 is 0 Å². The van der Waals surface area contributed by atoms with Gasteiger partial charge < -0.3 is 10.4 Å². The highest BCUT2D eigenvalue weighted by atomic mass is 79.9. The molecule has 98 valence electrons. The van der Waals surface area contributed by atoms with Gasteiger partial charge in [-0.05, 0) is 58.7 Å². The van der Waals surface area contributed by atoms with Crippen molar-refractivity contribution in [1.29, 1.82) is 0 Å². The number of phenolic OH excluding ortho intramolecular Hbond substituents is 1. The van der Waals surface area contributed by atoms with Crippen LogP contribution >= 0.6 is 15.9 Å². The largest absolute Gasteiger partial charge is 0.507 e. The number of hydrogen-bond acceptors (Lipinski definition) is 2. The fourth-order valence-corrected chi connectivity index (χ4v) is 2.19. The molecule has 0 aliphatic rings. The molecule has 0 spiro atoms. The molecule has 0 saturated heterocycles. The van der Waals surface area contributed by atoms with Crippen LogP contribution in [-0.2, 0) is 0 Å². The van der Waals surface area contributed by atoms with Crippen LogP contribution in [0.2, 0.25) is 0 Å². The second-order valence-corrected chi connectivity index (χ2v) is 4.95. The summed E-state index contributed by atoms with van der Waals surface area (Å²) < 4.78 is 13.8. The molecule has 0 aromatic heterocycles. The molecule has 0 aliphatic carbocycles. The Kier molecular flexibility index (Phi) is 3.85. The first-order chi connectivity index (χ1) is 8.97. The van der Waals surface area contributed by atoms with Crippen LogP contribution in [0.4, 0.5) is 10.1 Å². The molecule has 1 amide bonds. The number of hydrogen-bond donors (Lipinski definition) is 2. The van der Waals surface area contributed by atoms with Crippen molar-refractivity contribution in [2.45, 2.75) is 6.92 Å². The van der Waals surface area contributed by atoms with Crippen molar-refractivity contribution in [3.8, 4) is 5.75 Å². The molecule has 2 aromatic carbocycles. The Morgan fingerprint density at radius 2 is 2.00 bits per heavy atom. The molecule has 2 aromatic rings. The Morgan fingerprint density at radius 1 is 1.26 bits per heavy atom. The summed E-state index contributed by atoms with van der Waals surface area (Å²) in [7, 11) is 0. The number of amides is 1. The summed E-state index contributed by atoms with van der Waals surface area (Å²) in [6.45, 7) is 1.93. The maximum atomic E-state index is 13.1. The molecule has 0 atom stereocenters. The zero-order valence-corrected chi connectivity index (χ0v) is 11.7. The molecule has 0 saturated carbocycles. The van der Waals surface area contributed by atoms with Gasteiger partial charge >= 0.3 is 0 Å². The predicted molar refractivity (Wildman–Crippen MR) is 74.9 cm³/mol. The first-order valence-corrected chi connectivity index (χ1v) is 6.32. The lowest BCUT2D eigenvalue weighted by molar-refractivity contribution is 0.102. The van der Waals surface area contributed by atoms with Gasteiger partial charge in [0.2, 0.25) is 0 Å². The van der Waals surface area contributed by atoms with Gasteiger partial charge in [-0.25, -0.2) is 4.39 Å². The molecule has 5 heteroatoms. The summed E-state index contributed by atoms with van der Waals surface area (Å²) in [6, 6.07) is 8.65. The number of carbonyl (C=O) groups is 1. The normalized spacial score (nSPS) is 10.3. The minimum Gasteiger partial charge on any atom is -0.507 e. The average molecular weight is 324 g/mol. The van der Waals surface area contributed by atoms with Crippen molar-refractivity contribution in [2.24, 2.45) is 0 Å². The molecule has 19 heavy (non-hydrogen) atoms. The number of benzene rings is 2. The van der Waals surface area contributed by atoms with Gasteiger partial charge in [-0.2, -0.15) is 0 Å². The van der Waals surface area contributed by atoms with Crippen molar-refractivity contribution in [1.82, 2.24) is 0 Å². The van der Waals surface area contributed by atoms with Gasteiger partial charge in [0.1, 0.15) is 11.6 Å². The number of aromatic hydroxyl groups is 1. The van der Waals surface area contributed by atoms with Crippen molar-refractivity contribution in [2.75, 3.05) is 5.32 Å². The first kappa shape index (κ1) is 13.5. The Morgan fingerprint density at radius 3 is 2.68 bits per heavy atom. The topological polar surface area (TPSA) is 49.3 Å². The summed E-state index contributed by atoms with van der Waals surface area (Å²) >= 11 is 3.33. The van der Waals surface area contributed by atoms with Crippen LogP contribution in [0.3, 0.4) is 0 Å². The molecule has 0 unspecified atom stereocenters. The summed E-state index contributed by atoms with van der Waals surface area (Å²) in [5.41, 5.74) is 1.49. The van der Waals surface area contributed by atoms with Crippen LogP contribution in [-0.4, -0.2) is 11.0 Å². The third-order valence-corrected chi connectivity index (χ3v) is 3.23. The van der Waals surface area contributed by atoms with E-state index in [9.17, 15) is 14.3 Å². The SMILES string of the molecule is Cc1ccc(NC(=O)c2cc(F)ccc2O)c(Br)c1. The molecule has 0 radical (unpaired) electrons. The highest BCUT2D eigenvalue weighted by molar-refractivity contribution is 9.10. The van der Waals surface area contributed by atoms with E-state index in [-0.39, 0.29) is 11.3 Å². The number of phenols is 1. The highest BCUT2D eigenvalue weighted by Crippen LogP contribution is 2.25. The van der Waals surface area contributed by atoms with E-state index in [4.69, 9.17) is 0 Å². The zero-order valence-electron chi connectivity index (χ0n) is 10.1. The van der Waals surface area contributed by atoms with Gasteiger partial charge in [0.25, 0.3) is 5.91 Å². The molecule has 0 fully saturated rings. The lowest BCUT2D eigenvalue weighted by Crippen LogP contribution is -2.12. The molecular weight excluding hydrogens is 313 g/mol. The summed E-state index contributed by atoms with van der Waals surface area (Å²) in [6.07, 6.45) is 0. The molecule has 0 aliphatic heterocycles. The molecule has 0 heterocycles. The van der Waals surface area contributed by atoms with Crippen molar-refractivity contribution < 1.29 is 14.3 Å². The van der Waals surface area contributed by atoms with Crippen LogP contribution in [0.1, 0.15) is 15.9 Å². The zero-order chi connectivity index (χ0) is 14.0. The Labute approximate surface area is 118 Å². The van der Waals surface area contributed by atoms with E-state index in [0.29, 0.717) is 5.69 Å². The van der Waals surface area contributed by atoms with Crippen LogP contribution < -0.4 is 5.32 Å². The van der Waals surface area contributed by atoms with Crippen LogP contribution in [0, 0.1) is 12.7 Å². The first-order valence-electron chi connectivity index (χ1n) is 5.53. The van der Waals surface area contributed by atoms with E-state index in [1.807, 2.05) is 19.1 Å². The number of aryl methyl sites for hydroxylation is 1.